The molecule has 0 saturated carbocycles. The van der Waals surface area contributed by atoms with E-state index in [1.165, 1.54) is 0 Å². The van der Waals surface area contributed by atoms with Crippen LogP contribution in [0.5, 0.6) is 0 Å². The lowest BCUT2D eigenvalue weighted by Gasteiger charge is -2.25. The van der Waals surface area contributed by atoms with E-state index in [2.05, 4.69) is 27.4 Å². The van der Waals surface area contributed by atoms with Crippen molar-refractivity contribution in [3.8, 4) is 0 Å². The predicted octanol–water partition coefficient (Wildman–Crippen LogP) is -1.23. The molecule has 0 spiro atoms. The number of thiol groups is 1. The van der Waals surface area contributed by atoms with Gasteiger partial charge >= 0.3 is 24.0 Å². The Labute approximate surface area is 163 Å². The number of carbonyl (C=O) groups is 5. The van der Waals surface area contributed by atoms with Crippen molar-refractivity contribution in [2.75, 3.05) is 26.5 Å². The van der Waals surface area contributed by atoms with Crippen molar-refractivity contribution < 1.29 is 46.6 Å². The summed E-state index contributed by atoms with van der Waals surface area (Å²) in [5.41, 5.74) is 5.44. The number of imide groups is 1. The highest BCUT2D eigenvalue weighted by Gasteiger charge is 2.46. The predicted molar refractivity (Wildman–Crippen MR) is 89.8 cm³/mol. The average Bonchev–Trinajstić information content (AvgIpc) is 2.65. The molecule has 2 unspecified atom stereocenters. The molecule has 0 aromatic heterocycles. The SMILES string of the molecule is COC(=O)CN(C(=O)C(CS)NC(=O)CCC(N)C(=O)OC)C(=O)C(F)(F)F. The van der Waals surface area contributed by atoms with Gasteiger partial charge in [0, 0.05) is 12.2 Å². The highest BCUT2D eigenvalue weighted by molar-refractivity contribution is 7.80. The molecule has 3 N–H and O–H groups in total. The fourth-order valence-electron chi connectivity index (χ4n) is 1.79. The molecule has 10 nitrogen and oxygen atoms in total. The van der Waals surface area contributed by atoms with Gasteiger partial charge in [-0.05, 0) is 6.42 Å². The van der Waals surface area contributed by atoms with E-state index in [0.717, 1.165) is 14.2 Å². The third-order valence-electron chi connectivity index (χ3n) is 3.27. The Balaban J connectivity index is 5.20. The number of hydrogen-bond donors (Lipinski definition) is 3. The molecule has 2 atom stereocenters. The number of nitrogens with zero attached hydrogens (tertiary/aromatic N) is 1. The monoisotopic (exact) mass is 431 g/mol. The molecule has 3 amide bonds. The van der Waals surface area contributed by atoms with Crippen LogP contribution in [0.3, 0.4) is 0 Å². The van der Waals surface area contributed by atoms with Crippen LogP contribution in [0.2, 0.25) is 0 Å². The number of rotatable bonds is 9. The van der Waals surface area contributed by atoms with Crippen LogP contribution in [0.25, 0.3) is 0 Å². The maximum absolute atomic E-state index is 12.7. The summed E-state index contributed by atoms with van der Waals surface area (Å²) in [4.78, 5) is 57.6. The van der Waals surface area contributed by atoms with Gasteiger partial charge in [0.25, 0.3) is 5.91 Å². The van der Waals surface area contributed by atoms with Crippen molar-refractivity contribution in [1.29, 1.82) is 0 Å². The van der Waals surface area contributed by atoms with E-state index < -0.39 is 60.2 Å². The van der Waals surface area contributed by atoms with Gasteiger partial charge in [0.05, 0.1) is 14.2 Å². The number of methoxy groups -OCH3 is 2. The minimum Gasteiger partial charge on any atom is -0.468 e. The Kier molecular flexibility index (Phi) is 10.5. The highest BCUT2D eigenvalue weighted by Crippen LogP contribution is 2.19. The molecule has 14 heteroatoms. The van der Waals surface area contributed by atoms with Gasteiger partial charge in [0.1, 0.15) is 18.6 Å². The molecule has 0 heterocycles. The lowest BCUT2D eigenvalue weighted by atomic mass is 10.1. The molecular weight excluding hydrogens is 411 g/mol. The van der Waals surface area contributed by atoms with Gasteiger partial charge in [-0.25, -0.2) is 0 Å². The molecule has 28 heavy (non-hydrogen) atoms. The third kappa shape index (κ3) is 8.12. The standard InChI is InChI=1S/C14H20F3N3O7S/c1-26-10(22)5-20(13(25)14(15,16)17)11(23)8(6-28)19-9(21)4-3-7(18)12(24)27-2/h7-8,28H,3-6,18H2,1-2H3,(H,19,21). The third-order valence-corrected chi connectivity index (χ3v) is 3.64. The van der Waals surface area contributed by atoms with Crippen molar-refractivity contribution in [1.82, 2.24) is 10.2 Å². The largest absolute Gasteiger partial charge is 0.471 e. The number of nitrogens with two attached hydrogens (primary N) is 1. The minimum atomic E-state index is -5.44. The number of esters is 2. The molecule has 0 saturated heterocycles. The maximum Gasteiger partial charge on any atom is 0.471 e. The van der Waals surface area contributed by atoms with E-state index in [1.807, 2.05) is 0 Å². The topological polar surface area (TPSA) is 145 Å². The van der Waals surface area contributed by atoms with Crippen LogP contribution in [0, 0.1) is 0 Å². The van der Waals surface area contributed by atoms with Gasteiger partial charge in [-0.15, -0.1) is 0 Å². The quantitative estimate of drug-likeness (QED) is 0.304. The Morgan fingerprint density at radius 3 is 2.14 bits per heavy atom. The zero-order valence-corrected chi connectivity index (χ0v) is 15.8. The van der Waals surface area contributed by atoms with E-state index in [9.17, 15) is 37.1 Å². The van der Waals surface area contributed by atoms with Gasteiger partial charge in [0.15, 0.2) is 0 Å². The smallest absolute Gasteiger partial charge is 0.468 e. The number of ether oxygens (including phenoxy) is 2. The number of halogens is 3. The van der Waals surface area contributed by atoms with E-state index in [4.69, 9.17) is 5.73 Å². The Morgan fingerprint density at radius 2 is 1.71 bits per heavy atom. The van der Waals surface area contributed by atoms with Gasteiger partial charge in [-0.2, -0.15) is 25.8 Å². The second kappa shape index (κ2) is 11.5. The molecule has 0 aromatic carbocycles. The zero-order valence-electron chi connectivity index (χ0n) is 14.9. The summed E-state index contributed by atoms with van der Waals surface area (Å²) in [6.45, 7) is -1.30. The number of alkyl halides is 3. The van der Waals surface area contributed by atoms with Crippen LogP contribution in [-0.4, -0.2) is 79.3 Å². The maximum atomic E-state index is 12.7. The van der Waals surface area contributed by atoms with Crippen LogP contribution in [-0.2, 0) is 33.4 Å². The van der Waals surface area contributed by atoms with Gasteiger partial charge in [0.2, 0.25) is 5.91 Å². The summed E-state index contributed by atoms with van der Waals surface area (Å²) in [6.07, 6.45) is -5.97. The lowest BCUT2D eigenvalue weighted by molar-refractivity contribution is -0.189. The van der Waals surface area contributed by atoms with E-state index in [0.29, 0.717) is 0 Å². The zero-order chi connectivity index (χ0) is 22.1. The first-order valence-corrected chi connectivity index (χ1v) is 8.25. The highest BCUT2D eigenvalue weighted by atomic mass is 32.1. The molecular formula is C14H20F3N3O7S. The fraction of sp³-hybridized carbons (Fsp3) is 0.643. The van der Waals surface area contributed by atoms with E-state index in [1.54, 1.807) is 0 Å². The van der Waals surface area contributed by atoms with Crippen molar-refractivity contribution in [3.05, 3.63) is 0 Å². The summed E-state index contributed by atoms with van der Waals surface area (Å²) >= 11 is 3.77. The molecule has 0 rings (SSSR count). The Hall–Kier alpha value is -2.35. The van der Waals surface area contributed by atoms with E-state index >= 15 is 0 Å². The van der Waals surface area contributed by atoms with Crippen LogP contribution in [0.1, 0.15) is 12.8 Å². The molecule has 160 valence electrons. The molecule has 0 aliphatic rings. The van der Waals surface area contributed by atoms with Gasteiger partial charge < -0.3 is 20.5 Å². The molecule has 0 aliphatic carbocycles. The lowest BCUT2D eigenvalue weighted by Crippen LogP contribution is -2.55. The van der Waals surface area contributed by atoms with Gasteiger partial charge in [-0.1, -0.05) is 0 Å². The second-order valence-electron chi connectivity index (χ2n) is 5.27. The van der Waals surface area contributed by atoms with Crippen molar-refractivity contribution >= 4 is 42.3 Å². The van der Waals surface area contributed by atoms with Crippen LogP contribution in [0.15, 0.2) is 0 Å². The molecule has 0 fully saturated rings. The molecule has 0 bridgehead atoms. The number of hydrogen-bond acceptors (Lipinski definition) is 9. The molecule has 0 radical (unpaired) electrons. The van der Waals surface area contributed by atoms with Crippen molar-refractivity contribution in [3.63, 3.8) is 0 Å². The number of amides is 3. The average molecular weight is 431 g/mol. The van der Waals surface area contributed by atoms with E-state index in [-0.39, 0.29) is 17.7 Å². The van der Waals surface area contributed by atoms with Crippen LogP contribution in [0.4, 0.5) is 13.2 Å². The van der Waals surface area contributed by atoms with Crippen molar-refractivity contribution in [2.24, 2.45) is 5.73 Å². The van der Waals surface area contributed by atoms with Crippen LogP contribution < -0.4 is 11.1 Å². The molecule has 0 aromatic rings. The summed E-state index contributed by atoms with van der Waals surface area (Å²) in [5, 5.41) is 2.07. The number of carbonyl (C=O) groups excluding carboxylic acids is 5. The Bertz CT molecular complexity index is 615. The minimum absolute atomic E-state index is 0.167. The summed E-state index contributed by atoms with van der Waals surface area (Å²) in [7, 11) is 1.94. The second-order valence-corrected chi connectivity index (χ2v) is 5.64. The number of nitrogens with one attached hydrogen (secondary N) is 1. The first kappa shape index (κ1) is 25.6. The molecule has 0 aliphatic heterocycles. The first-order valence-electron chi connectivity index (χ1n) is 7.61. The first-order chi connectivity index (χ1) is 12.9. The summed E-state index contributed by atoms with van der Waals surface area (Å²) in [6, 6.07) is -2.77. The normalized spacial score (nSPS) is 13.1. The fourth-order valence-corrected chi connectivity index (χ4v) is 2.04. The van der Waals surface area contributed by atoms with Gasteiger partial charge in [-0.3, -0.25) is 28.9 Å². The summed E-state index contributed by atoms with van der Waals surface area (Å²) < 4.78 is 46.6. The Morgan fingerprint density at radius 1 is 1.14 bits per heavy atom. The van der Waals surface area contributed by atoms with Crippen LogP contribution >= 0.6 is 12.6 Å². The van der Waals surface area contributed by atoms with Crippen molar-refractivity contribution in [2.45, 2.75) is 31.1 Å². The summed E-state index contributed by atoms with van der Waals surface area (Å²) in [5.74, 6) is -7.49.